The van der Waals surface area contributed by atoms with E-state index < -0.39 is 11.6 Å². The summed E-state index contributed by atoms with van der Waals surface area (Å²) in [6.45, 7) is 2.77. The molecule has 2 aromatic carbocycles. The molecule has 150 valence electrons. The van der Waals surface area contributed by atoms with E-state index in [1.165, 1.54) is 11.1 Å². The van der Waals surface area contributed by atoms with Gasteiger partial charge in [0.1, 0.15) is 6.17 Å². The maximum absolute atomic E-state index is 13.4. The number of nitrogens with zero attached hydrogens (tertiary/aromatic N) is 1. The van der Waals surface area contributed by atoms with Gasteiger partial charge in [-0.3, -0.25) is 9.59 Å². The fourth-order valence-electron chi connectivity index (χ4n) is 4.83. The highest BCUT2D eigenvalue weighted by molar-refractivity contribution is 5.95. The average Bonchev–Trinajstić information content (AvgIpc) is 2.67. The molecule has 0 aromatic heterocycles. The molecule has 1 N–H and O–H groups in total. The third kappa shape index (κ3) is 3.13. The first-order chi connectivity index (χ1) is 13.9. The largest absolute Gasteiger partial charge is 0.347 e. The van der Waals surface area contributed by atoms with Gasteiger partial charge in [0.15, 0.2) is 0 Å². The molecule has 29 heavy (non-hydrogen) atoms. The summed E-state index contributed by atoms with van der Waals surface area (Å²) in [5.74, 6) is -0.131. The molecule has 1 unspecified atom stereocenters. The van der Waals surface area contributed by atoms with Crippen LogP contribution in [0.3, 0.4) is 0 Å². The lowest BCUT2D eigenvalue weighted by atomic mass is 9.68. The van der Waals surface area contributed by atoms with Crippen LogP contribution in [-0.4, -0.2) is 29.4 Å². The molecule has 1 saturated carbocycles. The molecule has 0 radical (unpaired) electrons. The summed E-state index contributed by atoms with van der Waals surface area (Å²) in [6.07, 6.45) is 1.77. The highest BCUT2D eigenvalue weighted by atomic mass is 19.1. The highest BCUT2D eigenvalue weighted by Gasteiger charge is 2.47. The summed E-state index contributed by atoms with van der Waals surface area (Å²) >= 11 is 0. The van der Waals surface area contributed by atoms with Gasteiger partial charge in [0.25, 0.3) is 5.91 Å². The Bertz CT molecular complexity index is 996. The second-order valence-corrected chi connectivity index (χ2v) is 8.96. The van der Waals surface area contributed by atoms with E-state index in [9.17, 15) is 14.0 Å². The predicted octanol–water partition coefficient (Wildman–Crippen LogP) is 3.74. The van der Waals surface area contributed by atoms with Crippen LogP contribution in [0.5, 0.6) is 0 Å². The van der Waals surface area contributed by atoms with Crippen molar-refractivity contribution in [1.82, 2.24) is 10.2 Å². The monoisotopic (exact) mass is 392 g/mol. The van der Waals surface area contributed by atoms with E-state index in [1.54, 1.807) is 0 Å². The number of hydrogen-bond acceptors (Lipinski definition) is 2. The minimum atomic E-state index is -0.891. The minimum absolute atomic E-state index is 0.00729. The van der Waals surface area contributed by atoms with Gasteiger partial charge in [0.05, 0.1) is 11.5 Å². The average molecular weight is 392 g/mol. The normalized spacial score (nSPS) is 27.2. The molecule has 2 aliphatic carbocycles. The third-order valence-electron chi connectivity index (χ3n) is 6.80. The Labute approximate surface area is 170 Å². The number of halogens is 1. The molecule has 0 spiro atoms. The van der Waals surface area contributed by atoms with Crippen LogP contribution in [-0.2, 0) is 24.2 Å². The van der Waals surface area contributed by atoms with E-state index in [4.69, 9.17) is 0 Å². The number of alkyl halides is 1. The molecule has 4 nitrogen and oxygen atoms in total. The van der Waals surface area contributed by atoms with Gasteiger partial charge in [0, 0.05) is 18.7 Å². The zero-order chi connectivity index (χ0) is 20.2. The van der Waals surface area contributed by atoms with Crippen LogP contribution in [0.1, 0.15) is 58.4 Å². The fourth-order valence-corrected chi connectivity index (χ4v) is 4.83. The molecule has 0 saturated heterocycles. The Morgan fingerprint density at radius 3 is 2.52 bits per heavy atom. The smallest absolute Gasteiger partial charge is 0.254 e. The van der Waals surface area contributed by atoms with E-state index in [1.807, 2.05) is 54.3 Å². The second kappa shape index (κ2) is 6.68. The first-order valence-corrected chi connectivity index (χ1v) is 10.4. The van der Waals surface area contributed by atoms with Gasteiger partial charge < -0.3 is 10.2 Å². The number of aryl methyl sites for hydroxylation is 2. The standard InChI is InChI=1S/C24H25FN2O2/c1-24(11-19(25)12-24)23(29)26-21-14-27(13-18-4-2-3-5-20(18)21)22(28)17-9-7-15-6-8-16(15)10-17/h2-5,7,9-10,19,21H,6,8,11-14H2,1H3,(H,26,29). The van der Waals surface area contributed by atoms with Crippen molar-refractivity contribution in [2.45, 2.75) is 51.4 Å². The summed E-state index contributed by atoms with van der Waals surface area (Å²) < 4.78 is 13.4. The molecule has 1 atom stereocenters. The Morgan fingerprint density at radius 1 is 1.07 bits per heavy atom. The Balaban J connectivity index is 1.39. The molecule has 1 fully saturated rings. The van der Waals surface area contributed by atoms with Crippen molar-refractivity contribution in [1.29, 1.82) is 0 Å². The van der Waals surface area contributed by atoms with Crippen molar-refractivity contribution in [3.8, 4) is 0 Å². The SMILES string of the molecule is CC1(C(=O)NC2CN(C(=O)c3ccc4c(c3)CC4)Cc3ccccc32)CC(F)C1. The predicted molar refractivity (Wildman–Crippen MR) is 108 cm³/mol. The first-order valence-electron chi connectivity index (χ1n) is 10.4. The van der Waals surface area contributed by atoms with E-state index in [-0.39, 0.29) is 30.7 Å². The first kappa shape index (κ1) is 18.3. The summed E-state index contributed by atoms with van der Waals surface area (Å²) in [7, 11) is 0. The summed E-state index contributed by atoms with van der Waals surface area (Å²) in [4.78, 5) is 27.8. The van der Waals surface area contributed by atoms with Gasteiger partial charge in [-0.2, -0.15) is 0 Å². The summed E-state index contributed by atoms with van der Waals surface area (Å²) in [6, 6.07) is 13.6. The Hall–Kier alpha value is -2.69. The molecular formula is C24H25FN2O2. The van der Waals surface area contributed by atoms with Crippen LogP contribution in [0.2, 0.25) is 0 Å². The van der Waals surface area contributed by atoms with Gasteiger partial charge in [-0.25, -0.2) is 4.39 Å². The molecule has 0 bridgehead atoms. The molecule has 2 aromatic rings. The molecule has 5 heteroatoms. The molecule has 1 aliphatic heterocycles. The number of benzene rings is 2. The number of nitrogens with one attached hydrogen (secondary N) is 1. The number of carbonyl (C=O) groups is 2. The van der Waals surface area contributed by atoms with Crippen molar-refractivity contribution >= 4 is 11.8 Å². The van der Waals surface area contributed by atoms with Gasteiger partial charge in [0.2, 0.25) is 5.91 Å². The van der Waals surface area contributed by atoms with Crippen molar-refractivity contribution in [3.63, 3.8) is 0 Å². The van der Waals surface area contributed by atoms with Crippen molar-refractivity contribution in [2.75, 3.05) is 6.54 Å². The Kier molecular flexibility index (Phi) is 4.23. The highest BCUT2D eigenvalue weighted by Crippen LogP contribution is 2.43. The lowest BCUT2D eigenvalue weighted by molar-refractivity contribution is -0.139. The van der Waals surface area contributed by atoms with Gasteiger partial charge in [-0.1, -0.05) is 37.3 Å². The van der Waals surface area contributed by atoms with Crippen LogP contribution in [0, 0.1) is 5.41 Å². The van der Waals surface area contributed by atoms with Crippen LogP contribution in [0.15, 0.2) is 42.5 Å². The maximum Gasteiger partial charge on any atom is 0.254 e. The van der Waals surface area contributed by atoms with Crippen LogP contribution in [0.4, 0.5) is 4.39 Å². The van der Waals surface area contributed by atoms with Crippen LogP contribution >= 0.6 is 0 Å². The topological polar surface area (TPSA) is 49.4 Å². The molecular weight excluding hydrogens is 367 g/mol. The van der Waals surface area contributed by atoms with E-state index in [0.29, 0.717) is 18.7 Å². The number of amides is 2. The molecule has 3 aliphatic rings. The molecule has 1 heterocycles. The van der Waals surface area contributed by atoms with Gasteiger partial charge in [-0.15, -0.1) is 0 Å². The zero-order valence-corrected chi connectivity index (χ0v) is 16.6. The Morgan fingerprint density at radius 2 is 1.83 bits per heavy atom. The second-order valence-electron chi connectivity index (χ2n) is 8.96. The van der Waals surface area contributed by atoms with E-state index in [2.05, 4.69) is 5.32 Å². The quantitative estimate of drug-likeness (QED) is 0.865. The van der Waals surface area contributed by atoms with Gasteiger partial charge in [-0.05, 0) is 60.1 Å². The fraction of sp³-hybridized carbons (Fsp3) is 0.417. The number of fused-ring (bicyclic) bond motifs is 2. The number of rotatable bonds is 3. The maximum atomic E-state index is 13.4. The summed E-state index contributed by atoms with van der Waals surface area (Å²) in [5, 5.41) is 3.11. The number of carbonyl (C=O) groups excluding carboxylic acids is 2. The van der Waals surface area contributed by atoms with Crippen molar-refractivity contribution in [2.24, 2.45) is 5.41 Å². The van der Waals surface area contributed by atoms with Crippen molar-refractivity contribution < 1.29 is 14.0 Å². The number of hydrogen-bond donors (Lipinski definition) is 1. The van der Waals surface area contributed by atoms with Crippen LogP contribution in [0.25, 0.3) is 0 Å². The van der Waals surface area contributed by atoms with Crippen LogP contribution < -0.4 is 5.32 Å². The molecule has 5 rings (SSSR count). The minimum Gasteiger partial charge on any atom is -0.347 e. The van der Waals surface area contributed by atoms with Crippen molar-refractivity contribution in [3.05, 3.63) is 70.3 Å². The summed E-state index contributed by atoms with van der Waals surface area (Å²) in [5.41, 5.74) is 4.74. The third-order valence-corrected chi connectivity index (χ3v) is 6.80. The van der Waals surface area contributed by atoms with E-state index in [0.717, 1.165) is 24.0 Å². The lowest BCUT2D eigenvalue weighted by Crippen LogP contribution is -2.52. The van der Waals surface area contributed by atoms with Gasteiger partial charge >= 0.3 is 0 Å². The van der Waals surface area contributed by atoms with E-state index >= 15 is 0 Å². The zero-order valence-electron chi connectivity index (χ0n) is 16.6. The lowest BCUT2D eigenvalue weighted by Gasteiger charge is -2.42. The molecule has 2 amide bonds.